The van der Waals surface area contributed by atoms with Crippen LogP contribution in [0.15, 0.2) is 24.3 Å². The maximum atomic E-state index is 14.0. The Morgan fingerprint density at radius 1 is 1.33 bits per heavy atom. The zero-order valence-electron chi connectivity index (χ0n) is 10.6. The summed E-state index contributed by atoms with van der Waals surface area (Å²) < 4.78 is 56.5. The van der Waals surface area contributed by atoms with Gasteiger partial charge in [-0.3, -0.25) is 0 Å². The summed E-state index contributed by atoms with van der Waals surface area (Å²) in [5, 5.41) is 0. The fourth-order valence-corrected chi connectivity index (χ4v) is 2.75. The lowest BCUT2D eigenvalue weighted by Crippen LogP contribution is -2.08. The molecular formula is C13H9F4NO2S. The SMILES string of the molecule is COC(=O)c1sc(-c2cccc(C(F)(F)F)c2F)cc1N. The van der Waals surface area contributed by atoms with Crippen molar-refractivity contribution < 1.29 is 27.1 Å². The topological polar surface area (TPSA) is 52.3 Å². The highest BCUT2D eigenvalue weighted by Gasteiger charge is 2.35. The predicted molar refractivity (Wildman–Crippen MR) is 70.5 cm³/mol. The van der Waals surface area contributed by atoms with Crippen molar-refractivity contribution in [3.63, 3.8) is 0 Å². The molecule has 2 rings (SSSR count). The third-order valence-corrected chi connectivity index (χ3v) is 3.87. The number of hydrogen-bond donors (Lipinski definition) is 1. The molecule has 0 saturated carbocycles. The molecule has 3 nitrogen and oxygen atoms in total. The van der Waals surface area contributed by atoms with Crippen LogP contribution in [0.2, 0.25) is 0 Å². The number of benzene rings is 1. The Morgan fingerprint density at radius 3 is 2.57 bits per heavy atom. The van der Waals surface area contributed by atoms with Crippen LogP contribution in [0.25, 0.3) is 10.4 Å². The average molecular weight is 319 g/mol. The number of alkyl halides is 3. The van der Waals surface area contributed by atoms with Crippen molar-refractivity contribution in [2.24, 2.45) is 0 Å². The molecule has 1 aromatic heterocycles. The summed E-state index contributed by atoms with van der Waals surface area (Å²) in [4.78, 5) is 11.6. The average Bonchev–Trinajstić information content (AvgIpc) is 2.78. The second kappa shape index (κ2) is 5.36. The molecular weight excluding hydrogens is 310 g/mol. The van der Waals surface area contributed by atoms with E-state index >= 15 is 0 Å². The van der Waals surface area contributed by atoms with Gasteiger partial charge in [-0.2, -0.15) is 13.2 Å². The van der Waals surface area contributed by atoms with Crippen molar-refractivity contribution >= 4 is 23.0 Å². The second-order valence-electron chi connectivity index (χ2n) is 4.05. The lowest BCUT2D eigenvalue weighted by Gasteiger charge is -2.10. The number of nitrogen functional groups attached to an aromatic ring is 1. The highest BCUT2D eigenvalue weighted by molar-refractivity contribution is 7.18. The summed E-state index contributed by atoms with van der Waals surface area (Å²) in [5.41, 5.74) is 3.98. The van der Waals surface area contributed by atoms with Gasteiger partial charge in [0.1, 0.15) is 10.7 Å². The molecule has 21 heavy (non-hydrogen) atoms. The first-order valence-corrected chi connectivity index (χ1v) is 6.41. The van der Waals surface area contributed by atoms with Gasteiger partial charge in [0.25, 0.3) is 0 Å². The lowest BCUT2D eigenvalue weighted by molar-refractivity contribution is -0.139. The Hall–Kier alpha value is -2.09. The Balaban J connectivity index is 2.56. The molecule has 0 aliphatic heterocycles. The normalized spacial score (nSPS) is 11.5. The standard InChI is InChI=1S/C13H9F4NO2S/c1-20-12(19)11-8(18)5-9(21-11)6-3-2-4-7(10(6)14)13(15,16)17/h2-5H,18H2,1H3. The van der Waals surface area contributed by atoms with Crippen LogP contribution < -0.4 is 5.73 Å². The summed E-state index contributed by atoms with van der Waals surface area (Å²) >= 11 is 0.772. The summed E-state index contributed by atoms with van der Waals surface area (Å²) in [6.45, 7) is 0. The van der Waals surface area contributed by atoms with Gasteiger partial charge in [0, 0.05) is 10.4 Å². The Bertz CT molecular complexity index is 694. The van der Waals surface area contributed by atoms with Gasteiger partial charge in [-0.15, -0.1) is 11.3 Å². The zero-order valence-corrected chi connectivity index (χ0v) is 11.4. The molecule has 0 fully saturated rings. The van der Waals surface area contributed by atoms with Crippen molar-refractivity contribution in [1.29, 1.82) is 0 Å². The van der Waals surface area contributed by atoms with E-state index in [9.17, 15) is 22.4 Å². The first-order valence-electron chi connectivity index (χ1n) is 5.59. The van der Waals surface area contributed by atoms with E-state index in [1.165, 1.54) is 12.1 Å². The molecule has 0 saturated heterocycles. The number of hydrogen-bond acceptors (Lipinski definition) is 4. The van der Waals surface area contributed by atoms with Crippen LogP contribution in [0.1, 0.15) is 15.2 Å². The van der Waals surface area contributed by atoms with Crippen LogP contribution in [-0.4, -0.2) is 13.1 Å². The minimum Gasteiger partial charge on any atom is -0.465 e. The molecule has 1 aromatic carbocycles. The second-order valence-corrected chi connectivity index (χ2v) is 5.10. The van der Waals surface area contributed by atoms with E-state index in [0.29, 0.717) is 6.07 Å². The fraction of sp³-hybridized carbons (Fsp3) is 0.154. The van der Waals surface area contributed by atoms with E-state index in [-0.39, 0.29) is 21.0 Å². The van der Waals surface area contributed by atoms with Gasteiger partial charge < -0.3 is 10.5 Å². The third kappa shape index (κ3) is 2.85. The molecule has 0 atom stereocenters. The smallest absolute Gasteiger partial charge is 0.419 e. The van der Waals surface area contributed by atoms with Crippen LogP contribution in [0.4, 0.5) is 23.2 Å². The molecule has 0 bridgehead atoms. The molecule has 0 aliphatic rings. The summed E-state index contributed by atoms with van der Waals surface area (Å²) in [6.07, 6.45) is -4.80. The highest BCUT2D eigenvalue weighted by Crippen LogP contribution is 2.39. The van der Waals surface area contributed by atoms with Gasteiger partial charge in [0.05, 0.1) is 18.4 Å². The van der Waals surface area contributed by atoms with Gasteiger partial charge in [-0.1, -0.05) is 12.1 Å². The minimum atomic E-state index is -4.80. The summed E-state index contributed by atoms with van der Waals surface area (Å²) in [5.74, 6) is -2.13. The molecule has 2 N–H and O–H groups in total. The molecule has 0 unspecified atom stereocenters. The number of anilines is 1. The van der Waals surface area contributed by atoms with Gasteiger partial charge in [-0.05, 0) is 12.1 Å². The maximum Gasteiger partial charge on any atom is 0.419 e. The van der Waals surface area contributed by atoms with Gasteiger partial charge in [0.2, 0.25) is 0 Å². The van der Waals surface area contributed by atoms with Crippen LogP contribution in [-0.2, 0) is 10.9 Å². The zero-order chi connectivity index (χ0) is 15.8. The molecule has 2 aromatic rings. The largest absolute Gasteiger partial charge is 0.465 e. The van der Waals surface area contributed by atoms with Gasteiger partial charge in [0.15, 0.2) is 0 Å². The van der Waals surface area contributed by atoms with Crippen molar-refractivity contribution in [3.05, 3.63) is 40.5 Å². The molecule has 8 heteroatoms. The number of carbonyl (C=O) groups excluding carboxylic acids is 1. The monoisotopic (exact) mass is 319 g/mol. The van der Waals surface area contributed by atoms with E-state index in [2.05, 4.69) is 4.74 Å². The van der Waals surface area contributed by atoms with Crippen molar-refractivity contribution in [1.82, 2.24) is 0 Å². The number of esters is 1. The van der Waals surface area contributed by atoms with Crippen LogP contribution in [0.5, 0.6) is 0 Å². The molecule has 0 aliphatic carbocycles. The number of nitrogens with two attached hydrogens (primary N) is 1. The number of thiophene rings is 1. The molecule has 0 radical (unpaired) electrons. The maximum absolute atomic E-state index is 14.0. The van der Waals surface area contributed by atoms with Crippen molar-refractivity contribution in [2.75, 3.05) is 12.8 Å². The Morgan fingerprint density at radius 2 is 2.00 bits per heavy atom. The van der Waals surface area contributed by atoms with E-state index in [0.717, 1.165) is 24.5 Å². The first-order chi connectivity index (χ1) is 9.75. The molecule has 1 heterocycles. The number of halogens is 4. The summed E-state index contributed by atoms with van der Waals surface area (Å²) in [6, 6.07) is 4.18. The first kappa shape index (κ1) is 15.3. The van der Waals surface area contributed by atoms with Crippen LogP contribution in [0, 0.1) is 5.82 Å². The highest BCUT2D eigenvalue weighted by atomic mass is 32.1. The van der Waals surface area contributed by atoms with Crippen molar-refractivity contribution in [3.8, 4) is 10.4 Å². The number of carbonyl (C=O) groups is 1. The molecule has 0 amide bonds. The van der Waals surface area contributed by atoms with Crippen LogP contribution >= 0.6 is 11.3 Å². The lowest BCUT2D eigenvalue weighted by atomic mass is 10.1. The number of ether oxygens (including phenoxy) is 1. The summed E-state index contributed by atoms with van der Waals surface area (Å²) in [7, 11) is 1.14. The quantitative estimate of drug-likeness (QED) is 0.674. The van der Waals surface area contributed by atoms with E-state index < -0.39 is 23.5 Å². The number of methoxy groups -OCH3 is 1. The molecule has 112 valence electrons. The molecule has 0 spiro atoms. The number of rotatable bonds is 2. The Labute approximate surface area is 121 Å². The van der Waals surface area contributed by atoms with Gasteiger partial charge in [-0.25, -0.2) is 9.18 Å². The van der Waals surface area contributed by atoms with Crippen LogP contribution in [0.3, 0.4) is 0 Å². The predicted octanol–water partition coefficient (Wildman–Crippen LogP) is 3.94. The van der Waals surface area contributed by atoms with E-state index in [1.807, 2.05) is 0 Å². The Kier molecular flexibility index (Phi) is 3.91. The fourth-order valence-electron chi connectivity index (χ4n) is 1.73. The minimum absolute atomic E-state index is 0.0179. The van der Waals surface area contributed by atoms with Gasteiger partial charge >= 0.3 is 12.1 Å². The van der Waals surface area contributed by atoms with E-state index in [1.54, 1.807) is 0 Å². The third-order valence-electron chi connectivity index (χ3n) is 2.70. The van der Waals surface area contributed by atoms with E-state index in [4.69, 9.17) is 5.73 Å². The van der Waals surface area contributed by atoms with Crippen molar-refractivity contribution in [2.45, 2.75) is 6.18 Å².